The van der Waals surface area contributed by atoms with Crippen molar-refractivity contribution in [2.75, 3.05) is 6.54 Å². The van der Waals surface area contributed by atoms with Gasteiger partial charge in [-0.15, -0.1) is 0 Å². The normalized spacial score (nSPS) is 13.6. The van der Waals surface area contributed by atoms with Gasteiger partial charge in [0.05, 0.1) is 6.54 Å². The van der Waals surface area contributed by atoms with Crippen molar-refractivity contribution in [1.82, 2.24) is 10.6 Å². The summed E-state index contributed by atoms with van der Waals surface area (Å²) in [5.74, 6) is -6.18. The first-order valence-corrected chi connectivity index (χ1v) is 5.01. The highest BCUT2D eigenvalue weighted by molar-refractivity contribution is 5.82. The van der Waals surface area contributed by atoms with Crippen LogP contribution in [0.4, 0.5) is 22.4 Å². The predicted octanol–water partition coefficient (Wildman–Crippen LogP) is 1.30. The van der Waals surface area contributed by atoms with Gasteiger partial charge in [0, 0.05) is 0 Å². The Morgan fingerprint density at radius 2 is 1.78 bits per heavy atom. The van der Waals surface area contributed by atoms with Gasteiger partial charge in [0.1, 0.15) is 6.04 Å². The van der Waals surface area contributed by atoms with Crippen LogP contribution in [-0.2, 0) is 4.79 Å². The van der Waals surface area contributed by atoms with E-state index in [1.165, 1.54) is 19.2 Å². The Hall–Kier alpha value is -1.54. The van der Waals surface area contributed by atoms with Crippen LogP contribution in [0.25, 0.3) is 0 Å². The number of rotatable bonds is 6. The van der Waals surface area contributed by atoms with Crippen molar-refractivity contribution in [3.8, 4) is 0 Å². The van der Waals surface area contributed by atoms with E-state index < -0.39 is 42.9 Å². The number of amides is 2. The average molecular weight is 274 g/mol. The molecule has 9 heteroatoms. The number of carbonyl (C=O) groups is 2. The van der Waals surface area contributed by atoms with Gasteiger partial charge in [-0.1, -0.05) is 13.8 Å². The largest absolute Gasteiger partial charge is 0.480 e. The monoisotopic (exact) mass is 274 g/mol. The van der Waals surface area contributed by atoms with Crippen molar-refractivity contribution in [1.29, 1.82) is 0 Å². The van der Waals surface area contributed by atoms with Crippen molar-refractivity contribution in [3.05, 3.63) is 0 Å². The number of carboxylic acids is 1. The molecule has 0 aliphatic carbocycles. The van der Waals surface area contributed by atoms with Gasteiger partial charge in [-0.3, -0.25) is 0 Å². The SMILES string of the molecule is CC(C)C(NC(=O)NCC(F)(F)C(F)F)C(=O)O. The molecule has 0 aromatic heterocycles. The molecule has 0 saturated carbocycles. The average Bonchev–Trinajstić information content (AvgIpc) is 2.22. The number of alkyl halides is 4. The molecule has 0 radical (unpaired) electrons. The molecule has 0 bridgehead atoms. The molecule has 0 heterocycles. The highest BCUT2D eigenvalue weighted by Crippen LogP contribution is 2.21. The molecule has 0 aromatic rings. The molecule has 0 spiro atoms. The molecule has 18 heavy (non-hydrogen) atoms. The second-order valence-electron chi connectivity index (χ2n) is 3.95. The summed E-state index contributed by atoms with van der Waals surface area (Å²) in [6, 6.07) is -2.53. The van der Waals surface area contributed by atoms with E-state index in [4.69, 9.17) is 5.11 Å². The number of hydrogen-bond donors (Lipinski definition) is 3. The maximum Gasteiger partial charge on any atom is 0.326 e. The number of halogens is 4. The topological polar surface area (TPSA) is 78.4 Å². The maximum atomic E-state index is 12.5. The Bertz CT molecular complexity index is 310. The molecule has 3 N–H and O–H groups in total. The van der Waals surface area contributed by atoms with Crippen LogP contribution in [0, 0.1) is 5.92 Å². The zero-order valence-electron chi connectivity index (χ0n) is 9.71. The summed E-state index contributed by atoms with van der Waals surface area (Å²) in [5, 5.41) is 12.1. The van der Waals surface area contributed by atoms with E-state index in [0.29, 0.717) is 0 Å². The summed E-state index contributed by atoms with van der Waals surface area (Å²) >= 11 is 0. The lowest BCUT2D eigenvalue weighted by atomic mass is 10.1. The van der Waals surface area contributed by atoms with Crippen LogP contribution in [0.1, 0.15) is 13.8 Å². The highest BCUT2D eigenvalue weighted by atomic mass is 19.3. The molecule has 5 nitrogen and oxygen atoms in total. The fourth-order valence-corrected chi connectivity index (χ4v) is 0.981. The fraction of sp³-hybridized carbons (Fsp3) is 0.778. The van der Waals surface area contributed by atoms with Crippen molar-refractivity contribution < 1.29 is 32.3 Å². The van der Waals surface area contributed by atoms with Crippen molar-refractivity contribution in [2.24, 2.45) is 5.92 Å². The first-order chi connectivity index (χ1) is 8.08. The number of carboxylic acid groups (broad SMARTS) is 1. The lowest BCUT2D eigenvalue weighted by molar-refractivity contribution is -0.140. The summed E-state index contributed by atoms with van der Waals surface area (Å²) in [7, 11) is 0. The fourth-order valence-electron chi connectivity index (χ4n) is 0.981. The Balaban J connectivity index is 4.31. The minimum atomic E-state index is -4.35. The van der Waals surface area contributed by atoms with Gasteiger partial charge in [0.2, 0.25) is 0 Å². The molecular formula is C9H14F4N2O3. The second-order valence-corrected chi connectivity index (χ2v) is 3.95. The molecule has 0 aliphatic rings. The molecule has 0 aliphatic heterocycles. The lowest BCUT2D eigenvalue weighted by Crippen LogP contribution is -2.51. The van der Waals surface area contributed by atoms with Crippen LogP contribution in [0.15, 0.2) is 0 Å². The Labute approximate surface area is 101 Å². The van der Waals surface area contributed by atoms with E-state index in [1.54, 1.807) is 0 Å². The van der Waals surface area contributed by atoms with Crippen molar-refractivity contribution in [3.63, 3.8) is 0 Å². The van der Waals surface area contributed by atoms with E-state index in [2.05, 4.69) is 0 Å². The minimum Gasteiger partial charge on any atom is -0.480 e. The molecule has 0 rings (SSSR count). The van der Waals surface area contributed by atoms with E-state index in [0.717, 1.165) is 0 Å². The maximum absolute atomic E-state index is 12.5. The van der Waals surface area contributed by atoms with Gasteiger partial charge < -0.3 is 15.7 Å². The molecule has 106 valence electrons. The van der Waals surface area contributed by atoms with Gasteiger partial charge in [0.25, 0.3) is 0 Å². The van der Waals surface area contributed by atoms with Crippen LogP contribution in [0.3, 0.4) is 0 Å². The highest BCUT2D eigenvalue weighted by Gasteiger charge is 2.41. The Morgan fingerprint density at radius 1 is 1.28 bits per heavy atom. The summed E-state index contributed by atoms with van der Waals surface area (Å²) in [6.07, 6.45) is -3.90. The third-order valence-corrected chi connectivity index (χ3v) is 2.02. The van der Waals surface area contributed by atoms with E-state index in [1.807, 2.05) is 5.32 Å². The van der Waals surface area contributed by atoms with E-state index in [-0.39, 0.29) is 0 Å². The zero-order chi connectivity index (χ0) is 14.5. The van der Waals surface area contributed by atoms with Crippen LogP contribution in [0.2, 0.25) is 0 Å². The van der Waals surface area contributed by atoms with Crippen LogP contribution >= 0.6 is 0 Å². The lowest BCUT2D eigenvalue weighted by Gasteiger charge is -2.20. The van der Waals surface area contributed by atoms with Gasteiger partial charge in [-0.25, -0.2) is 18.4 Å². The van der Waals surface area contributed by atoms with Crippen LogP contribution in [-0.4, -0.2) is 42.0 Å². The summed E-state index contributed by atoms with van der Waals surface area (Å²) < 4.78 is 48.4. The quantitative estimate of drug-likeness (QED) is 0.639. The molecule has 1 atom stereocenters. The zero-order valence-corrected chi connectivity index (χ0v) is 9.71. The number of carbonyl (C=O) groups excluding carboxylic acids is 1. The van der Waals surface area contributed by atoms with Gasteiger partial charge >= 0.3 is 24.3 Å². The van der Waals surface area contributed by atoms with Crippen molar-refractivity contribution in [2.45, 2.75) is 32.2 Å². The van der Waals surface area contributed by atoms with Crippen LogP contribution in [0.5, 0.6) is 0 Å². The Morgan fingerprint density at radius 3 is 2.11 bits per heavy atom. The summed E-state index contributed by atoms with van der Waals surface area (Å²) in [5.41, 5.74) is 0. The molecule has 2 amide bonds. The third-order valence-electron chi connectivity index (χ3n) is 2.02. The molecule has 1 unspecified atom stereocenters. The van der Waals surface area contributed by atoms with Crippen molar-refractivity contribution >= 4 is 12.0 Å². The predicted molar refractivity (Wildman–Crippen MR) is 53.7 cm³/mol. The standard InChI is InChI=1S/C9H14F4N2O3/c1-4(2)5(6(16)17)15-8(18)14-3-9(12,13)7(10)11/h4-5,7H,3H2,1-2H3,(H,16,17)(H2,14,15,18). The molecule has 0 fully saturated rings. The van der Waals surface area contributed by atoms with E-state index >= 15 is 0 Å². The number of aliphatic carboxylic acids is 1. The van der Waals surface area contributed by atoms with E-state index in [9.17, 15) is 27.2 Å². The minimum absolute atomic E-state index is 0.483. The van der Waals surface area contributed by atoms with Gasteiger partial charge in [-0.2, -0.15) is 8.78 Å². The summed E-state index contributed by atoms with van der Waals surface area (Å²) in [4.78, 5) is 21.7. The van der Waals surface area contributed by atoms with Gasteiger partial charge in [0.15, 0.2) is 0 Å². The molecular weight excluding hydrogens is 260 g/mol. The number of nitrogens with one attached hydrogen (secondary N) is 2. The van der Waals surface area contributed by atoms with Gasteiger partial charge in [-0.05, 0) is 5.92 Å². The van der Waals surface area contributed by atoms with Crippen LogP contribution < -0.4 is 10.6 Å². The Kier molecular flexibility index (Phi) is 5.86. The number of hydrogen-bond acceptors (Lipinski definition) is 2. The molecule has 0 saturated heterocycles. The second kappa shape index (κ2) is 6.41. The smallest absolute Gasteiger partial charge is 0.326 e. The first-order valence-electron chi connectivity index (χ1n) is 5.01. The summed E-state index contributed by atoms with van der Waals surface area (Å²) in [6.45, 7) is 1.42. The first kappa shape index (κ1) is 16.5. The third kappa shape index (κ3) is 5.19. The number of urea groups is 1. The molecule has 0 aromatic carbocycles.